The number of carbonyl (C=O) groups excluding carboxylic acids is 1. The number of aliphatic carboxylic acids is 1. The Balaban J connectivity index is 2.07. The van der Waals surface area contributed by atoms with Crippen LogP contribution in [0.25, 0.3) is 0 Å². The lowest BCUT2D eigenvalue weighted by molar-refractivity contribution is -0.142. The minimum atomic E-state index is -0.859. The van der Waals surface area contributed by atoms with Crippen LogP contribution in [0.3, 0.4) is 0 Å². The molecular weight excluding hydrogens is 186 g/mol. The van der Waals surface area contributed by atoms with Gasteiger partial charge >= 0.3 is 5.97 Å². The molecule has 0 bridgehead atoms. The van der Waals surface area contributed by atoms with E-state index < -0.39 is 5.97 Å². The van der Waals surface area contributed by atoms with E-state index in [2.05, 4.69) is 0 Å². The fraction of sp³-hybridized carbons (Fsp3) is 0.778. The third-order valence-electron chi connectivity index (χ3n) is 2.32. The molecule has 0 aliphatic carbocycles. The fourth-order valence-corrected chi connectivity index (χ4v) is 1.41. The zero-order valence-corrected chi connectivity index (χ0v) is 8.23. The molecule has 5 nitrogen and oxygen atoms in total. The van der Waals surface area contributed by atoms with E-state index in [1.54, 1.807) is 4.90 Å². The zero-order valence-electron chi connectivity index (χ0n) is 8.23. The second-order valence-electron chi connectivity index (χ2n) is 3.37. The SMILES string of the molecule is CC(=O)N1CCC1COCCC(=O)O. The summed E-state index contributed by atoms with van der Waals surface area (Å²) in [6.45, 7) is 3.00. The van der Waals surface area contributed by atoms with Gasteiger partial charge in [-0.25, -0.2) is 0 Å². The number of carbonyl (C=O) groups is 2. The van der Waals surface area contributed by atoms with Crippen LogP contribution < -0.4 is 0 Å². The molecule has 0 aromatic carbocycles. The molecule has 1 rings (SSSR count). The quantitative estimate of drug-likeness (QED) is 0.640. The Labute approximate surface area is 82.6 Å². The van der Waals surface area contributed by atoms with E-state index in [-0.39, 0.29) is 25.0 Å². The van der Waals surface area contributed by atoms with Crippen molar-refractivity contribution in [1.82, 2.24) is 4.90 Å². The van der Waals surface area contributed by atoms with Gasteiger partial charge in [0.15, 0.2) is 0 Å². The Morgan fingerprint density at radius 1 is 1.57 bits per heavy atom. The van der Waals surface area contributed by atoms with Gasteiger partial charge in [0.1, 0.15) is 0 Å². The highest BCUT2D eigenvalue weighted by atomic mass is 16.5. The Morgan fingerprint density at radius 3 is 2.71 bits per heavy atom. The van der Waals surface area contributed by atoms with Crippen LogP contribution in [0.15, 0.2) is 0 Å². The van der Waals surface area contributed by atoms with Gasteiger partial charge in [0, 0.05) is 13.5 Å². The van der Waals surface area contributed by atoms with Crippen molar-refractivity contribution >= 4 is 11.9 Å². The van der Waals surface area contributed by atoms with Crippen molar-refractivity contribution in [3.8, 4) is 0 Å². The minimum absolute atomic E-state index is 0.0206. The van der Waals surface area contributed by atoms with E-state index in [1.807, 2.05) is 0 Å². The number of hydrogen-bond acceptors (Lipinski definition) is 3. The molecule has 1 fully saturated rings. The van der Waals surface area contributed by atoms with Crippen molar-refractivity contribution in [2.45, 2.75) is 25.8 Å². The summed E-state index contributed by atoms with van der Waals surface area (Å²) in [4.78, 5) is 22.8. The lowest BCUT2D eigenvalue weighted by Gasteiger charge is -2.40. The standard InChI is InChI=1S/C9H15NO4/c1-7(11)10-4-2-8(10)6-14-5-3-9(12)13/h8H,2-6H2,1H3,(H,12,13). The molecule has 1 saturated heterocycles. The molecule has 1 unspecified atom stereocenters. The number of nitrogens with zero attached hydrogens (tertiary/aromatic N) is 1. The molecule has 1 amide bonds. The van der Waals surface area contributed by atoms with Crippen LogP contribution in [0.1, 0.15) is 19.8 Å². The first-order chi connectivity index (χ1) is 6.61. The summed E-state index contributed by atoms with van der Waals surface area (Å²) in [5, 5.41) is 8.35. The summed E-state index contributed by atoms with van der Waals surface area (Å²) in [6, 6.07) is 0.154. The highest BCUT2D eigenvalue weighted by Crippen LogP contribution is 2.17. The smallest absolute Gasteiger partial charge is 0.305 e. The number of carboxylic acid groups (broad SMARTS) is 1. The molecule has 14 heavy (non-hydrogen) atoms. The molecule has 0 aromatic heterocycles. The van der Waals surface area contributed by atoms with Gasteiger partial charge in [0.2, 0.25) is 5.91 Å². The summed E-state index contributed by atoms with van der Waals surface area (Å²) in [5.74, 6) is -0.801. The van der Waals surface area contributed by atoms with Crippen molar-refractivity contribution in [2.24, 2.45) is 0 Å². The van der Waals surface area contributed by atoms with Crippen LogP contribution in [-0.4, -0.2) is 47.7 Å². The van der Waals surface area contributed by atoms with Gasteiger partial charge in [-0.3, -0.25) is 9.59 Å². The Hall–Kier alpha value is -1.10. The summed E-state index contributed by atoms with van der Waals surface area (Å²) in [6.07, 6.45) is 0.972. The average molecular weight is 201 g/mol. The predicted octanol–water partition coefficient (Wildman–Crippen LogP) is 0.0985. The monoisotopic (exact) mass is 201 g/mol. The maximum atomic E-state index is 11.0. The number of amides is 1. The van der Waals surface area contributed by atoms with E-state index in [1.165, 1.54) is 6.92 Å². The number of rotatable bonds is 5. The third kappa shape index (κ3) is 2.99. The van der Waals surface area contributed by atoms with E-state index in [9.17, 15) is 9.59 Å². The van der Waals surface area contributed by atoms with E-state index in [0.29, 0.717) is 6.61 Å². The number of hydrogen-bond donors (Lipinski definition) is 1. The van der Waals surface area contributed by atoms with Crippen molar-refractivity contribution in [3.63, 3.8) is 0 Å². The molecule has 1 N–H and O–H groups in total. The number of carboxylic acids is 1. The summed E-state index contributed by atoms with van der Waals surface area (Å²) >= 11 is 0. The highest BCUT2D eigenvalue weighted by Gasteiger charge is 2.29. The van der Waals surface area contributed by atoms with Gasteiger partial charge in [-0.15, -0.1) is 0 Å². The molecule has 80 valence electrons. The fourth-order valence-electron chi connectivity index (χ4n) is 1.41. The van der Waals surface area contributed by atoms with E-state index in [4.69, 9.17) is 9.84 Å². The Kier molecular flexibility index (Phi) is 3.88. The van der Waals surface area contributed by atoms with E-state index in [0.717, 1.165) is 13.0 Å². The largest absolute Gasteiger partial charge is 0.481 e. The third-order valence-corrected chi connectivity index (χ3v) is 2.32. The van der Waals surface area contributed by atoms with Crippen LogP contribution in [0.4, 0.5) is 0 Å². The molecule has 1 aliphatic heterocycles. The summed E-state index contributed by atoms with van der Waals surface area (Å²) in [5.41, 5.74) is 0. The lowest BCUT2D eigenvalue weighted by Crippen LogP contribution is -2.52. The minimum Gasteiger partial charge on any atom is -0.481 e. The normalized spacial score (nSPS) is 20.4. The van der Waals surface area contributed by atoms with Gasteiger partial charge in [-0.1, -0.05) is 0 Å². The van der Waals surface area contributed by atoms with Crippen molar-refractivity contribution in [3.05, 3.63) is 0 Å². The molecule has 1 heterocycles. The van der Waals surface area contributed by atoms with Crippen LogP contribution >= 0.6 is 0 Å². The van der Waals surface area contributed by atoms with Crippen molar-refractivity contribution in [2.75, 3.05) is 19.8 Å². The lowest BCUT2D eigenvalue weighted by atomic mass is 10.0. The molecule has 0 spiro atoms. The first-order valence-electron chi connectivity index (χ1n) is 4.68. The number of likely N-dealkylation sites (tertiary alicyclic amines) is 1. The van der Waals surface area contributed by atoms with Crippen LogP contribution in [0.2, 0.25) is 0 Å². The van der Waals surface area contributed by atoms with Gasteiger partial charge in [0.25, 0.3) is 0 Å². The van der Waals surface area contributed by atoms with E-state index >= 15 is 0 Å². The molecule has 0 radical (unpaired) electrons. The Bertz CT molecular complexity index is 229. The van der Waals surface area contributed by atoms with Gasteiger partial charge < -0.3 is 14.7 Å². The van der Waals surface area contributed by atoms with Crippen molar-refractivity contribution < 1.29 is 19.4 Å². The number of ether oxygens (including phenoxy) is 1. The second-order valence-corrected chi connectivity index (χ2v) is 3.37. The average Bonchev–Trinajstić information content (AvgIpc) is 1.99. The second kappa shape index (κ2) is 4.95. The molecule has 0 saturated carbocycles. The molecule has 5 heteroatoms. The predicted molar refractivity (Wildman–Crippen MR) is 48.9 cm³/mol. The van der Waals surface area contributed by atoms with Crippen LogP contribution in [0.5, 0.6) is 0 Å². The van der Waals surface area contributed by atoms with Gasteiger partial charge in [-0.05, 0) is 6.42 Å². The molecule has 1 atom stereocenters. The summed E-state index contributed by atoms with van der Waals surface area (Å²) < 4.78 is 5.15. The van der Waals surface area contributed by atoms with Crippen molar-refractivity contribution in [1.29, 1.82) is 0 Å². The first-order valence-corrected chi connectivity index (χ1v) is 4.68. The summed E-state index contributed by atoms with van der Waals surface area (Å²) in [7, 11) is 0. The van der Waals surface area contributed by atoms with Crippen LogP contribution in [-0.2, 0) is 14.3 Å². The topological polar surface area (TPSA) is 66.8 Å². The maximum absolute atomic E-state index is 11.0. The molecule has 0 aromatic rings. The molecular formula is C9H15NO4. The molecule has 1 aliphatic rings. The first kappa shape index (κ1) is 11.0. The Morgan fingerprint density at radius 2 is 2.29 bits per heavy atom. The van der Waals surface area contributed by atoms with Crippen LogP contribution in [0, 0.1) is 0 Å². The van der Waals surface area contributed by atoms with Gasteiger partial charge in [0.05, 0.1) is 25.7 Å². The zero-order chi connectivity index (χ0) is 10.6. The van der Waals surface area contributed by atoms with Gasteiger partial charge in [-0.2, -0.15) is 0 Å². The maximum Gasteiger partial charge on any atom is 0.305 e. The highest BCUT2D eigenvalue weighted by molar-refractivity contribution is 5.74.